The molecule has 1 fully saturated rings. The number of rotatable bonds is 5. The molecule has 5 rings (SSSR count). The van der Waals surface area contributed by atoms with Gasteiger partial charge in [-0.2, -0.15) is 4.98 Å². The van der Waals surface area contributed by atoms with Crippen molar-refractivity contribution in [2.75, 3.05) is 25.6 Å². The first-order valence-corrected chi connectivity index (χ1v) is 9.79. The Bertz CT molecular complexity index is 1150. The zero-order valence-corrected chi connectivity index (χ0v) is 16.4. The van der Waals surface area contributed by atoms with Crippen molar-refractivity contribution in [3.8, 4) is 17.0 Å². The van der Waals surface area contributed by atoms with Crippen LogP contribution in [0.4, 0.5) is 5.95 Å². The van der Waals surface area contributed by atoms with Gasteiger partial charge >= 0.3 is 0 Å². The first-order valence-electron chi connectivity index (χ1n) is 9.79. The summed E-state index contributed by atoms with van der Waals surface area (Å²) in [7, 11) is 1.63. The standard InChI is InChI=1S/C20H23N7O2/c1-13(14-4-9-29-10-5-14)23-19-24-18(28-2)17-16(3-7-27(17)25-19)15-11-22-20-21-6-8-26(20)12-15/h3,6-8,11-14H,4-5,9-10H2,1-2H3,(H,23,25). The molecule has 1 unspecified atom stereocenters. The van der Waals surface area contributed by atoms with Crippen LogP contribution in [0.25, 0.3) is 22.4 Å². The molecule has 29 heavy (non-hydrogen) atoms. The van der Waals surface area contributed by atoms with Crippen molar-refractivity contribution in [1.29, 1.82) is 0 Å². The van der Waals surface area contributed by atoms with Crippen molar-refractivity contribution in [2.45, 2.75) is 25.8 Å². The predicted octanol–water partition coefficient (Wildman–Crippen LogP) is 2.67. The van der Waals surface area contributed by atoms with Gasteiger partial charge in [-0.15, -0.1) is 5.10 Å². The summed E-state index contributed by atoms with van der Waals surface area (Å²) in [5, 5.41) is 8.11. The van der Waals surface area contributed by atoms with E-state index in [1.165, 1.54) is 0 Å². The van der Waals surface area contributed by atoms with Gasteiger partial charge in [-0.3, -0.25) is 4.40 Å². The lowest BCUT2D eigenvalue weighted by Crippen LogP contribution is -2.31. The van der Waals surface area contributed by atoms with E-state index in [0.29, 0.717) is 23.5 Å². The third-order valence-corrected chi connectivity index (χ3v) is 5.56. The number of hydrogen-bond acceptors (Lipinski definition) is 7. The highest BCUT2D eigenvalue weighted by atomic mass is 16.5. The number of nitrogens with zero attached hydrogens (tertiary/aromatic N) is 6. The second-order valence-corrected chi connectivity index (χ2v) is 7.33. The normalized spacial score (nSPS) is 16.3. The summed E-state index contributed by atoms with van der Waals surface area (Å²) in [6.45, 7) is 3.80. The number of aromatic nitrogens is 6. The summed E-state index contributed by atoms with van der Waals surface area (Å²) in [6, 6.07) is 2.25. The van der Waals surface area contributed by atoms with Gasteiger partial charge in [-0.1, -0.05) is 0 Å². The van der Waals surface area contributed by atoms with Crippen molar-refractivity contribution in [1.82, 2.24) is 29.0 Å². The van der Waals surface area contributed by atoms with Crippen LogP contribution in [-0.4, -0.2) is 55.3 Å². The van der Waals surface area contributed by atoms with Gasteiger partial charge in [0.15, 0.2) is 0 Å². The summed E-state index contributed by atoms with van der Waals surface area (Å²) in [6.07, 6.45) is 11.4. The average molecular weight is 393 g/mol. The molecule has 0 aromatic carbocycles. The average Bonchev–Trinajstić information content (AvgIpc) is 3.40. The first-order chi connectivity index (χ1) is 14.2. The summed E-state index contributed by atoms with van der Waals surface area (Å²) >= 11 is 0. The number of methoxy groups -OCH3 is 1. The molecule has 1 aliphatic rings. The van der Waals surface area contributed by atoms with Crippen LogP contribution in [0.5, 0.6) is 5.88 Å². The third kappa shape index (κ3) is 3.27. The molecule has 1 saturated heterocycles. The van der Waals surface area contributed by atoms with Gasteiger partial charge in [0.1, 0.15) is 5.52 Å². The molecule has 1 aliphatic heterocycles. The van der Waals surface area contributed by atoms with Crippen LogP contribution < -0.4 is 10.1 Å². The number of imidazole rings is 1. The lowest BCUT2D eigenvalue weighted by molar-refractivity contribution is 0.0621. The number of fused-ring (bicyclic) bond motifs is 2. The molecule has 0 bridgehead atoms. The highest BCUT2D eigenvalue weighted by molar-refractivity contribution is 5.84. The molecule has 0 spiro atoms. The Hall–Kier alpha value is -3.20. The SMILES string of the molecule is COc1nc(NC(C)C2CCOCC2)nn2ccc(-c3cnc4nccn4c3)c12. The van der Waals surface area contributed by atoms with Crippen LogP contribution in [0, 0.1) is 5.92 Å². The summed E-state index contributed by atoms with van der Waals surface area (Å²) in [4.78, 5) is 13.2. The topological polar surface area (TPSA) is 90.9 Å². The maximum absolute atomic E-state index is 5.62. The first kappa shape index (κ1) is 17.9. The minimum atomic E-state index is 0.254. The fraction of sp³-hybridized carbons (Fsp3) is 0.400. The quantitative estimate of drug-likeness (QED) is 0.557. The van der Waals surface area contributed by atoms with Crippen LogP contribution in [-0.2, 0) is 4.74 Å². The van der Waals surface area contributed by atoms with Crippen molar-refractivity contribution in [2.24, 2.45) is 5.92 Å². The molecular formula is C20H23N7O2. The molecule has 5 heterocycles. The molecule has 0 amide bonds. The second kappa shape index (κ2) is 7.32. The lowest BCUT2D eigenvalue weighted by atomic mass is 9.93. The zero-order chi connectivity index (χ0) is 19.8. The van der Waals surface area contributed by atoms with Crippen LogP contribution >= 0.6 is 0 Å². The fourth-order valence-corrected chi connectivity index (χ4v) is 3.92. The van der Waals surface area contributed by atoms with Crippen LogP contribution in [0.1, 0.15) is 19.8 Å². The Labute approximate surface area is 167 Å². The van der Waals surface area contributed by atoms with E-state index in [4.69, 9.17) is 9.47 Å². The van der Waals surface area contributed by atoms with Gasteiger partial charge in [0, 0.05) is 61.4 Å². The van der Waals surface area contributed by atoms with E-state index in [2.05, 4.69) is 32.3 Å². The Balaban J connectivity index is 1.50. The van der Waals surface area contributed by atoms with Gasteiger partial charge in [0.05, 0.1) is 7.11 Å². The molecule has 1 atom stereocenters. The van der Waals surface area contributed by atoms with Crippen LogP contribution in [0.3, 0.4) is 0 Å². The van der Waals surface area contributed by atoms with Crippen LogP contribution in [0.15, 0.2) is 37.1 Å². The molecule has 150 valence electrons. The summed E-state index contributed by atoms with van der Waals surface area (Å²) in [5.74, 6) is 2.28. The van der Waals surface area contributed by atoms with Gasteiger partial charge < -0.3 is 14.8 Å². The van der Waals surface area contributed by atoms with Crippen molar-refractivity contribution in [3.63, 3.8) is 0 Å². The molecule has 9 nitrogen and oxygen atoms in total. The van der Waals surface area contributed by atoms with E-state index < -0.39 is 0 Å². The van der Waals surface area contributed by atoms with E-state index in [1.807, 2.05) is 29.1 Å². The monoisotopic (exact) mass is 393 g/mol. The highest BCUT2D eigenvalue weighted by Gasteiger charge is 2.22. The van der Waals surface area contributed by atoms with Crippen molar-refractivity contribution in [3.05, 3.63) is 37.1 Å². The molecule has 0 aliphatic carbocycles. The minimum absolute atomic E-state index is 0.254. The van der Waals surface area contributed by atoms with E-state index in [9.17, 15) is 0 Å². The summed E-state index contributed by atoms with van der Waals surface area (Å²) < 4.78 is 14.8. The number of nitrogens with one attached hydrogen (secondary N) is 1. The van der Waals surface area contributed by atoms with Crippen molar-refractivity contribution < 1.29 is 9.47 Å². The van der Waals surface area contributed by atoms with E-state index in [1.54, 1.807) is 24.0 Å². The Morgan fingerprint density at radius 3 is 2.93 bits per heavy atom. The number of anilines is 1. The van der Waals surface area contributed by atoms with E-state index in [-0.39, 0.29) is 6.04 Å². The summed E-state index contributed by atoms with van der Waals surface area (Å²) in [5.41, 5.74) is 2.70. The predicted molar refractivity (Wildman–Crippen MR) is 108 cm³/mol. The number of hydrogen-bond donors (Lipinski definition) is 1. The lowest BCUT2D eigenvalue weighted by Gasteiger charge is -2.28. The van der Waals surface area contributed by atoms with Gasteiger partial charge in [0.2, 0.25) is 17.6 Å². The molecule has 9 heteroatoms. The van der Waals surface area contributed by atoms with Crippen LogP contribution in [0.2, 0.25) is 0 Å². The Kier molecular flexibility index (Phi) is 4.51. The molecular weight excluding hydrogens is 370 g/mol. The zero-order valence-electron chi connectivity index (χ0n) is 16.4. The molecule has 4 aromatic heterocycles. The fourth-order valence-electron chi connectivity index (χ4n) is 3.92. The Morgan fingerprint density at radius 1 is 1.24 bits per heavy atom. The smallest absolute Gasteiger partial charge is 0.244 e. The number of ether oxygens (including phenoxy) is 2. The van der Waals surface area contributed by atoms with Gasteiger partial charge in [-0.25, -0.2) is 14.5 Å². The largest absolute Gasteiger partial charge is 0.479 e. The molecule has 4 aromatic rings. The van der Waals surface area contributed by atoms with E-state index >= 15 is 0 Å². The minimum Gasteiger partial charge on any atom is -0.479 e. The van der Waals surface area contributed by atoms with Gasteiger partial charge in [0.25, 0.3) is 0 Å². The highest BCUT2D eigenvalue weighted by Crippen LogP contribution is 2.31. The van der Waals surface area contributed by atoms with Gasteiger partial charge in [-0.05, 0) is 31.7 Å². The molecule has 0 radical (unpaired) electrons. The van der Waals surface area contributed by atoms with E-state index in [0.717, 1.165) is 42.7 Å². The Morgan fingerprint density at radius 2 is 2.10 bits per heavy atom. The second-order valence-electron chi connectivity index (χ2n) is 7.33. The molecule has 1 N–H and O–H groups in total. The maximum atomic E-state index is 5.62. The third-order valence-electron chi connectivity index (χ3n) is 5.56. The maximum Gasteiger partial charge on any atom is 0.244 e. The van der Waals surface area contributed by atoms with Crippen molar-refractivity contribution >= 4 is 17.2 Å². The molecule has 0 saturated carbocycles.